The highest BCUT2D eigenvalue weighted by Gasteiger charge is 2.14. The van der Waals surface area contributed by atoms with Gasteiger partial charge in [0.15, 0.2) is 5.82 Å². The molecule has 1 heterocycles. The third kappa shape index (κ3) is 3.76. The van der Waals surface area contributed by atoms with Gasteiger partial charge >= 0.3 is 0 Å². The number of rotatable bonds is 4. The lowest BCUT2D eigenvalue weighted by Crippen LogP contribution is -2.02. The molecule has 1 aromatic heterocycles. The summed E-state index contributed by atoms with van der Waals surface area (Å²) in [4.78, 5) is 19.2. The molecular weight excluding hydrogens is 290 g/mol. The third-order valence-electron chi connectivity index (χ3n) is 3.04. The average molecular weight is 306 g/mol. The Morgan fingerprint density at radius 2 is 2.00 bits per heavy atom. The van der Waals surface area contributed by atoms with E-state index in [-0.39, 0.29) is 5.69 Å². The first kappa shape index (κ1) is 15.4. The number of aryl methyl sites for hydroxylation is 1. The summed E-state index contributed by atoms with van der Waals surface area (Å²) in [5.41, 5.74) is 2.37. The van der Waals surface area contributed by atoms with E-state index in [1.54, 1.807) is 12.1 Å². The molecule has 1 aromatic carbocycles. The fourth-order valence-electron chi connectivity index (χ4n) is 2.07. The van der Waals surface area contributed by atoms with E-state index < -0.39 is 4.92 Å². The number of benzene rings is 1. The van der Waals surface area contributed by atoms with Crippen LogP contribution >= 0.6 is 11.6 Å². The molecule has 110 valence electrons. The van der Waals surface area contributed by atoms with Crippen molar-refractivity contribution in [2.45, 2.75) is 27.2 Å². The van der Waals surface area contributed by atoms with Gasteiger partial charge in [-0.1, -0.05) is 31.5 Å². The second-order valence-electron chi connectivity index (χ2n) is 5.36. The van der Waals surface area contributed by atoms with Crippen LogP contribution in [0.25, 0.3) is 11.4 Å². The molecule has 0 N–H and O–H groups in total. The number of aromatic nitrogens is 2. The van der Waals surface area contributed by atoms with Crippen LogP contribution in [-0.2, 0) is 6.42 Å². The minimum absolute atomic E-state index is 0.0181. The zero-order valence-corrected chi connectivity index (χ0v) is 12.9. The Morgan fingerprint density at radius 1 is 1.29 bits per heavy atom. The maximum absolute atomic E-state index is 10.9. The number of nitrogens with zero attached hydrogens (tertiary/aromatic N) is 3. The smallest absolute Gasteiger partial charge is 0.258 e. The molecule has 0 radical (unpaired) electrons. The maximum Gasteiger partial charge on any atom is 0.270 e. The van der Waals surface area contributed by atoms with E-state index in [4.69, 9.17) is 11.6 Å². The van der Waals surface area contributed by atoms with Crippen LogP contribution in [-0.4, -0.2) is 14.9 Å². The number of nitro groups is 1. The van der Waals surface area contributed by atoms with Gasteiger partial charge in [0.05, 0.1) is 4.92 Å². The molecule has 0 unspecified atom stereocenters. The SMILES string of the molecule is Cc1ccc([N+](=O)[O-])cc1-c1nc(Cl)cc(CC(C)C)n1. The molecule has 0 saturated carbocycles. The number of non-ortho nitro benzene ring substituents is 1. The summed E-state index contributed by atoms with van der Waals surface area (Å²) in [7, 11) is 0. The molecule has 0 bridgehead atoms. The van der Waals surface area contributed by atoms with Crippen LogP contribution in [0.15, 0.2) is 24.3 Å². The van der Waals surface area contributed by atoms with Crippen molar-refractivity contribution in [3.8, 4) is 11.4 Å². The van der Waals surface area contributed by atoms with Crippen molar-refractivity contribution in [2.75, 3.05) is 0 Å². The zero-order valence-electron chi connectivity index (χ0n) is 12.1. The van der Waals surface area contributed by atoms with Crippen molar-refractivity contribution in [3.05, 3.63) is 50.8 Å². The van der Waals surface area contributed by atoms with Gasteiger partial charge in [-0.2, -0.15) is 0 Å². The van der Waals surface area contributed by atoms with E-state index in [1.807, 2.05) is 6.92 Å². The summed E-state index contributed by atoms with van der Waals surface area (Å²) < 4.78 is 0. The van der Waals surface area contributed by atoms with Crippen molar-refractivity contribution in [3.63, 3.8) is 0 Å². The first-order valence-corrected chi connectivity index (χ1v) is 7.03. The van der Waals surface area contributed by atoms with Crippen molar-refractivity contribution in [1.29, 1.82) is 0 Å². The Kier molecular flexibility index (Phi) is 4.53. The standard InChI is InChI=1S/C15H16ClN3O2/c1-9(2)6-11-7-14(16)18-15(17-11)13-8-12(19(20)21)5-4-10(13)3/h4-5,7-9H,6H2,1-3H3. The van der Waals surface area contributed by atoms with E-state index >= 15 is 0 Å². The number of hydrogen-bond donors (Lipinski definition) is 0. The van der Waals surface area contributed by atoms with Crippen LogP contribution in [0.2, 0.25) is 5.15 Å². The number of halogens is 1. The lowest BCUT2D eigenvalue weighted by molar-refractivity contribution is -0.384. The number of nitro benzene ring substituents is 1. The van der Waals surface area contributed by atoms with E-state index in [2.05, 4.69) is 23.8 Å². The summed E-state index contributed by atoms with van der Waals surface area (Å²) in [6.45, 7) is 6.05. The lowest BCUT2D eigenvalue weighted by atomic mass is 10.1. The second-order valence-corrected chi connectivity index (χ2v) is 5.75. The first-order chi connectivity index (χ1) is 9.86. The van der Waals surface area contributed by atoms with Gasteiger partial charge in [0.1, 0.15) is 5.15 Å². The largest absolute Gasteiger partial charge is 0.270 e. The molecule has 5 nitrogen and oxygen atoms in total. The second kappa shape index (κ2) is 6.18. The highest BCUT2D eigenvalue weighted by Crippen LogP contribution is 2.26. The first-order valence-electron chi connectivity index (χ1n) is 6.65. The summed E-state index contributed by atoms with van der Waals surface area (Å²) in [6.07, 6.45) is 0.781. The van der Waals surface area contributed by atoms with Gasteiger partial charge in [0.25, 0.3) is 5.69 Å². The molecule has 0 fully saturated rings. The van der Waals surface area contributed by atoms with Crippen LogP contribution in [0.5, 0.6) is 0 Å². The van der Waals surface area contributed by atoms with Crippen LogP contribution in [0.4, 0.5) is 5.69 Å². The number of hydrogen-bond acceptors (Lipinski definition) is 4. The molecular formula is C15H16ClN3O2. The van der Waals surface area contributed by atoms with Gasteiger partial charge in [0, 0.05) is 23.4 Å². The molecule has 6 heteroatoms. The van der Waals surface area contributed by atoms with Gasteiger partial charge in [0.2, 0.25) is 0 Å². The summed E-state index contributed by atoms with van der Waals surface area (Å²) in [5, 5.41) is 11.3. The lowest BCUT2D eigenvalue weighted by Gasteiger charge is -2.09. The van der Waals surface area contributed by atoms with Crippen LogP contribution in [0.1, 0.15) is 25.1 Å². The Morgan fingerprint density at radius 3 is 2.62 bits per heavy atom. The Hall–Kier alpha value is -2.01. The monoisotopic (exact) mass is 305 g/mol. The molecule has 0 spiro atoms. The van der Waals surface area contributed by atoms with Crippen molar-refractivity contribution in [1.82, 2.24) is 9.97 Å². The molecule has 0 aliphatic rings. The van der Waals surface area contributed by atoms with Gasteiger partial charge in [-0.25, -0.2) is 9.97 Å². The summed E-state index contributed by atoms with van der Waals surface area (Å²) in [5.74, 6) is 0.870. The quantitative estimate of drug-likeness (QED) is 0.482. The van der Waals surface area contributed by atoms with E-state index in [1.165, 1.54) is 12.1 Å². The third-order valence-corrected chi connectivity index (χ3v) is 3.23. The molecule has 2 rings (SSSR count). The summed E-state index contributed by atoms with van der Waals surface area (Å²) in [6, 6.07) is 6.39. The van der Waals surface area contributed by atoms with Crippen molar-refractivity contribution in [2.24, 2.45) is 5.92 Å². The predicted octanol–water partition coefficient (Wildman–Crippen LogP) is 4.21. The average Bonchev–Trinajstić information content (AvgIpc) is 2.37. The molecule has 0 aliphatic carbocycles. The highest BCUT2D eigenvalue weighted by molar-refractivity contribution is 6.29. The maximum atomic E-state index is 10.9. The molecule has 2 aromatic rings. The predicted molar refractivity (Wildman–Crippen MR) is 82.4 cm³/mol. The van der Waals surface area contributed by atoms with Crippen LogP contribution in [0.3, 0.4) is 0 Å². The fraction of sp³-hybridized carbons (Fsp3) is 0.333. The van der Waals surface area contributed by atoms with E-state index in [0.717, 1.165) is 17.7 Å². The normalized spacial score (nSPS) is 10.9. The molecule has 0 saturated heterocycles. The molecule has 0 amide bonds. The van der Waals surface area contributed by atoms with E-state index in [0.29, 0.717) is 22.5 Å². The van der Waals surface area contributed by atoms with Crippen molar-refractivity contribution < 1.29 is 4.92 Å². The fourth-order valence-corrected chi connectivity index (χ4v) is 2.28. The highest BCUT2D eigenvalue weighted by atomic mass is 35.5. The Labute approximate surface area is 128 Å². The van der Waals surface area contributed by atoms with Gasteiger partial charge in [-0.3, -0.25) is 10.1 Å². The zero-order chi connectivity index (χ0) is 15.6. The Balaban J connectivity index is 2.53. The van der Waals surface area contributed by atoms with Crippen LogP contribution in [0, 0.1) is 23.0 Å². The van der Waals surface area contributed by atoms with Gasteiger partial charge < -0.3 is 0 Å². The van der Waals surface area contributed by atoms with Gasteiger partial charge in [-0.05, 0) is 30.9 Å². The van der Waals surface area contributed by atoms with Gasteiger partial charge in [-0.15, -0.1) is 0 Å². The molecule has 21 heavy (non-hydrogen) atoms. The van der Waals surface area contributed by atoms with Crippen LogP contribution < -0.4 is 0 Å². The minimum atomic E-state index is -0.428. The topological polar surface area (TPSA) is 68.9 Å². The van der Waals surface area contributed by atoms with E-state index in [9.17, 15) is 10.1 Å². The Bertz CT molecular complexity index is 687. The molecule has 0 atom stereocenters. The van der Waals surface area contributed by atoms with Crippen molar-refractivity contribution >= 4 is 17.3 Å². The minimum Gasteiger partial charge on any atom is -0.258 e. The summed E-state index contributed by atoms with van der Waals surface area (Å²) >= 11 is 6.05. The molecule has 0 aliphatic heterocycles.